The van der Waals surface area contributed by atoms with Crippen LogP contribution in [-0.4, -0.2) is 16.3 Å². The third kappa shape index (κ3) is 3.19. The Morgan fingerprint density at radius 3 is 2.55 bits per heavy atom. The van der Waals surface area contributed by atoms with E-state index in [-0.39, 0.29) is 0 Å². The van der Waals surface area contributed by atoms with Crippen molar-refractivity contribution < 1.29 is 13.2 Å². The maximum atomic E-state index is 12.5. The minimum absolute atomic E-state index is 0.653. The molecule has 1 N–H and O–H groups in total. The first-order valence-corrected chi connectivity index (χ1v) is 6.35. The van der Waals surface area contributed by atoms with Crippen LogP contribution in [0.5, 0.6) is 0 Å². The van der Waals surface area contributed by atoms with E-state index in [1.54, 1.807) is 6.07 Å². The van der Waals surface area contributed by atoms with Crippen molar-refractivity contribution in [1.82, 2.24) is 15.1 Å². The second-order valence-electron chi connectivity index (χ2n) is 4.54. The number of alkyl halides is 3. The van der Waals surface area contributed by atoms with Crippen molar-refractivity contribution in [2.75, 3.05) is 6.54 Å². The molecule has 0 bridgehead atoms. The van der Waals surface area contributed by atoms with Crippen LogP contribution in [-0.2, 0) is 12.7 Å². The van der Waals surface area contributed by atoms with Crippen LogP contribution in [0.25, 0.3) is 5.69 Å². The molecule has 0 amide bonds. The number of hydrogen-bond donors (Lipinski definition) is 1. The Bertz CT molecular complexity index is 588. The molecular weight excluding hydrogens is 267 g/mol. The number of aryl methyl sites for hydroxylation is 1. The zero-order valence-corrected chi connectivity index (χ0v) is 11.3. The molecule has 1 aromatic carbocycles. The minimum atomic E-state index is -4.41. The highest BCUT2D eigenvalue weighted by Crippen LogP contribution is 2.28. The number of benzene rings is 1. The van der Waals surface area contributed by atoms with Crippen LogP contribution < -0.4 is 5.32 Å². The minimum Gasteiger partial charge on any atom is -0.313 e. The van der Waals surface area contributed by atoms with Crippen LogP contribution in [0.3, 0.4) is 0 Å². The van der Waals surface area contributed by atoms with E-state index in [1.165, 1.54) is 10.9 Å². The molecule has 0 radical (unpaired) electrons. The van der Waals surface area contributed by atoms with E-state index in [1.807, 2.05) is 26.0 Å². The number of rotatable bonds is 4. The zero-order chi connectivity index (χ0) is 14.8. The molecule has 0 aliphatic carbocycles. The van der Waals surface area contributed by atoms with Gasteiger partial charge < -0.3 is 5.32 Å². The molecule has 108 valence electrons. The maximum Gasteiger partial charge on any atom is 0.435 e. The summed E-state index contributed by atoms with van der Waals surface area (Å²) in [6.07, 6.45) is -3.08. The quantitative estimate of drug-likeness (QED) is 0.933. The van der Waals surface area contributed by atoms with Gasteiger partial charge in [-0.25, -0.2) is 4.68 Å². The monoisotopic (exact) mass is 283 g/mol. The average Bonchev–Trinajstić information content (AvgIpc) is 2.85. The Hall–Kier alpha value is -1.82. The van der Waals surface area contributed by atoms with Crippen LogP contribution in [0, 0.1) is 6.92 Å². The SMILES string of the molecule is CCNCc1ccc(-n2ccc(C(F)(F)F)n2)c(C)c1. The summed E-state index contributed by atoms with van der Waals surface area (Å²) in [7, 11) is 0. The van der Waals surface area contributed by atoms with Gasteiger partial charge in [-0.15, -0.1) is 0 Å². The van der Waals surface area contributed by atoms with Gasteiger partial charge in [0.2, 0.25) is 0 Å². The molecule has 20 heavy (non-hydrogen) atoms. The van der Waals surface area contributed by atoms with E-state index in [4.69, 9.17) is 0 Å². The second kappa shape index (κ2) is 5.66. The lowest BCUT2D eigenvalue weighted by Gasteiger charge is -2.09. The summed E-state index contributed by atoms with van der Waals surface area (Å²) in [4.78, 5) is 0. The van der Waals surface area contributed by atoms with Crippen molar-refractivity contribution in [3.05, 3.63) is 47.3 Å². The van der Waals surface area contributed by atoms with Crippen LogP contribution in [0.1, 0.15) is 23.7 Å². The number of nitrogens with zero attached hydrogens (tertiary/aromatic N) is 2. The average molecular weight is 283 g/mol. The first-order chi connectivity index (χ1) is 9.41. The Kier molecular flexibility index (Phi) is 4.13. The van der Waals surface area contributed by atoms with Crippen molar-refractivity contribution in [2.45, 2.75) is 26.6 Å². The molecule has 0 aliphatic rings. The Morgan fingerprint density at radius 2 is 2.00 bits per heavy atom. The van der Waals surface area contributed by atoms with Gasteiger partial charge in [0.15, 0.2) is 5.69 Å². The van der Waals surface area contributed by atoms with E-state index >= 15 is 0 Å². The topological polar surface area (TPSA) is 29.9 Å². The molecule has 1 heterocycles. The predicted molar refractivity (Wildman–Crippen MR) is 70.7 cm³/mol. The zero-order valence-electron chi connectivity index (χ0n) is 11.3. The lowest BCUT2D eigenvalue weighted by atomic mass is 10.1. The molecule has 0 fully saturated rings. The fraction of sp³-hybridized carbons (Fsp3) is 0.357. The standard InChI is InChI=1S/C14H16F3N3/c1-3-18-9-11-4-5-12(10(2)8-11)20-7-6-13(19-20)14(15,16)17/h4-8,18H,3,9H2,1-2H3. The molecule has 0 atom stereocenters. The molecule has 0 saturated heterocycles. The Balaban J connectivity index is 2.27. The lowest BCUT2D eigenvalue weighted by molar-refractivity contribution is -0.141. The molecule has 3 nitrogen and oxygen atoms in total. The van der Waals surface area contributed by atoms with Gasteiger partial charge in [0, 0.05) is 12.7 Å². The van der Waals surface area contributed by atoms with Crippen molar-refractivity contribution in [2.24, 2.45) is 0 Å². The molecule has 0 saturated carbocycles. The molecule has 0 spiro atoms. The van der Waals surface area contributed by atoms with Gasteiger partial charge in [0.05, 0.1) is 5.69 Å². The summed E-state index contributed by atoms with van der Waals surface area (Å²) in [5.41, 5.74) is 1.75. The summed E-state index contributed by atoms with van der Waals surface area (Å²) in [6, 6.07) is 6.61. The van der Waals surface area contributed by atoms with Crippen LogP contribution in [0.2, 0.25) is 0 Å². The van der Waals surface area contributed by atoms with Crippen molar-refractivity contribution >= 4 is 0 Å². The second-order valence-corrected chi connectivity index (χ2v) is 4.54. The van der Waals surface area contributed by atoms with Gasteiger partial charge in [-0.05, 0) is 36.7 Å². The molecular formula is C14H16F3N3. The largest absolute Gasteiger partial charge is 0.435 e. The summed E-state index contributed by atoms with van der Waals surface area (Å²) < 4.78 is 38.9. The van der Waals surface area contributed by atoms with Crippen molar-refractivity contribution in [3.8, 4) is 5.69 Å². The number of hydrogen-bond acceptors (Lipinski definition) is 2. The maximum absolute atomic E-state index is 12.5. The fourth-order valence-corrected chi connectivity index (χ4v) is 1.96. The summed E-state index contributed by atoms with van der Waals surface area (Å²) >= 11 is 0. The predicted octanol–water partition coefficient (Wildman–Crippen LogP) is 3.31. The van der Waals surface area contributed by atoms with Gasteiger partial charge in [0.25, 0.3) is 0 Å². The molecule has 6 heteroatoms. The van der Waals surface area contributed by atoms with E-state index in [9.17, 15) is 13.2 Å². The van der Waals surface area contributed by atoms with Gasteiger partial charge in [-0.2, -0.15) is 18.3 Å². The molecule has 0 unspecified atom stereocenters. The number of halogens is 3. The van der Waals surface area contributed by atoms with E-state index in [0.717, 1.165) is 30.3 Å². The summed E-state index contributed by atoms with van der Waals surface area (Å²) in [5.74, 6) is 0. The molecule has 2 rings (SSSR count). The van der Waals surface area contributed by atoms with Crippen molar-refractivity contribution in [3.63, 3.8) is 0 Å². The normalized spacial score (nSPS) is 11.8. The Labute approximate surface area is 115 Å². The Morgan fingerprint density at radius 1 is 1.25 bits per heavy atom. The third-order valence-corrected chi connectivity index (χ3v) is 2.97. The van der Waals surface area contributed by atoms with Crippen LogP contribution in [0.4, 0.5) is 13.2 Å². The van der Waals surface area contributed by atoms with Gasteiger partial charge in [0.1, 0.15) is 0 Å². The van der Waals surface area contributed by atoms with Gasteiger partial charge in [-0.1, -0.05) is 19.1 Å². The first kappa shape index (κ1) is 14.6. The lowest BCUT2D eigenvalue weighted by Crippen LogP contribution is -2.12. The van der Waals surface area contributed by atoms with E-state index < -0.39 is 11.9 Å². The van der Waals surface area contributed by atoms with Gasteiger partial charge in [-0.3, -0.25) is 0 Å². The first-order valence-electron chi connectivity index (χ1n) is 6.35. The molecule has 2 aromatic rings. The smallest absolute Gasteiger partial charge is 0.313 e. The highest BCUT2D eigenvalue weighted by Gasteiger charge is 2.33. The van der Waals surface area contributed by atoms with Crippen LogP contribution >= 0.6 is 0 Å². The summed E-state index contributed by atoms with van der Waals surface area (Å²) in [5, 5.41) is 6.78. The highest BCUT2D eigenvalue weighted by molar-refractivity contribution is 5.42. The van der Waals surface area contributed by atoms with Gasteiger partial charge >= 0.3 is 6.18 Å². The number of aromatic nitrogens is 2. The van der Waals surface area contributed by atoms with Crippen molar-refractivity contribution in [1.29, 1.82) is 0 Å². The van der Waals surface area contributed by atoms with Crippen LogP contribution in [0.15, 0.2) is 30.5 Å². The molecule has 0 aliphatic heterocycles. The third-order valence-electron chi connectivity index (χ3n) is 2.97. The molecule has 1 aromatic heterocycles. The fourth-order valence-electron chi connectivity index (χ4n) is 1.96. The van der Waals surface area contributed by atoms with E-state index in [2.05, 4.69) is 10.4 Å². The highest BCUT2D eigenvalue weighted by atomic mass is 19.4. The number of nitrogens with one attached hydrogen (secondary N) is 1. The summed E-state index contributed by atoms with van der Waals surface area (Å²) in [6.45, 7) is 5.49. The van der Waals surface area contributed by atoms with E-state index in [0.29, 0.717) is 5.69 Å².